The number of rotatable bonds is 4. The molecule has 0 aromatic heterocycles. The molecule has 1 saturated heterocycles. The Balaban J connectivity index is 2.76. The van der Waals surface area contributed by atoms with Gasteiger partial charge in [-0.05, 0) is 25.7 Å². The van der Waals surface area contributed by atoms with Gasteiger partial charge in [-0.1, -0.05) is 34.1 Å². The smallest absolute Gasteiger partial charge is 0.0811 e. The molecular formula is C13H27NO. The topological polar surface area (TPSA) is 21.3 Å². The van der Waals surface area contributed by atoms with Gasteiger partial charge in [0.1, 0.15) is 0 Å². The van der Waals surface area contributed by atoms with E-state index in [4.69, 9.17) is 4.74 Å². The highest BCUT2D eigenvalue weighted by Crippen LogP contribution is 2.34. The van der Waals surface area contributed by atoms with Crippen LogP contribution in [0.2, 0.25) is 0 Å². The lowest BCUT2D eigenvalue weighted by molar-refractivity contribution is -0.193. The van der Waals surface area contributed by atoms with Gasteiger partial charge in [0.2, 0.25) is 0 Å². The Labute approximate surface area is 94.8 Å². The number of hydrogen-bond donors (Lipinski definition) is 1. The monoisotopic (exact) mass is 213 g/mol. The summed E-state index contributed by atoms with van der Waals surface area (Å²) >= 11 is 0. The number of morpholine rings is 1. The van der Waals surface area contributed by atoms with E-state index in [1.165, 1.54) is 12.8 Å². The fraction of sp³-hybridized carbons (Fsp3) is 1.00. The van der Waals surface area contributed by atoms with Crippen LogP contribution in [0.5, 0.6) is 0 Å². The molecule has 1 fully saturated rings. The van der Waals surface area contributed by atoms with E-state index in [1.54, 1.807) is 0 Å². The molecule has 15 heavy (non-hydrogen) atoms. The van der Waals surface area contributed by atoms with E-state index >= 15 is 0 Å². The van der Waals surface area contributed by atoms with Crippen LogP contribution in [0.15, 0.2) is 0 Å². The zero-order valence-corrected chi connectivity index (χ0v) is 11.0. The summed E-state index contributed by atoms with van der Waals surface area (Å²) in [6.45, 7) is 13.2. The van der Waals surface area contributed by atoms with Crippen molar-refractivity contribution in [2.75, 3.05) is 13.1 Å². The predicted octanol–water partition coefficient (Wildman–Crippen LogP) is 2.97. The summed E-state index contributed by atoms with van der Waals surface area (Å²) in [5.74, 6) is 0.563. The van der Waals surface area contributed by atoms with Gasteiger partial charge in [-0.2, -0.15) is 0 Å². The first kappa shape index (κ1) is 13.0. The highest BCUT2D eigenvalue weighted by molar-refractivity contribution is 4.95. The Hall–Kier alpha value is -0.0800. The quantitative estimate of drug-likeness (QED) is 0.775. The van der Waals surface area contributed by atoms with Crippen LogP contribution in [0.25, 0.3) is 0 Å². The van der Waals surface area contributed by atoms with Gasteiger partial charge in [0.05, 0.1) is 11.2 Å². The van der Waals surface area contributed by atoms with Crippen LogP contribution in [0.3, 0.4) is 0 Å². The molecule has 0 radical (unpaired) electrons. The molecule has 0 aromatic rings. The third-order valence-electron chi connectivity index (χ3n) is 3.94. The summed E-state index contributed by atoms with van der Waals surface area (Å²) in [6, 6.07) is 0. The highest BCUT2D eigenvalue weighted by atomic mass is 16.5. The Bertz CT molecular complexity index is 201. The van der Waals surface area contributed by atoms with Crippen molar-refractivity contribution >= 4 is 0 Å². The normalized spacial score (nSPS) is 37.2. The Morgan fingerprint density at radius 2 is 1.93 bits per heavy atom. The summed E-state index contributed by atoms with van der Waals surface area (Å²) in [5, 5.41) is 3.56. The second-order valence-corrected chi connectivity index (χ2v) is 5.46. The molecule has 0 spiro atoms. The molecule has 1 N–H and O–H groups in total. The van der Waals surface area contributed by atoms with E-state index in [9.17, 15) is 0 Å². The lowest BCUT2D eigenvalue weighted by atomic mass is 9.85. The maximum atomic E-state index is 6.45. The molecular weight excluding hydrogens is 186 g/mol. The molecule has 1 aliphatic rings. The molecule has 0 aromatic carbocycles. The lowest BCUT2D eigenvalue weighted by Crippen LogP contribution is -2.61. The molecule has 1 aliphatic heterocycles. The highest BCUT2D eigenvalue weighted by Gasteiger charge is 2.42. The third-order valence-corrected chi connectivity index (χ3v) is 3.94. The first-order valence-corrected chi connectivity index (χ1v) is 6.39. The zero-order valence-electron chi connectivity index (χ0n) is 11.0. The van der Waals surface area contributed by atoms with E-state index in [2.05, 4.69) is 39.9 Å². The van der Waals surface area contributed by atoms with Crippen LogP contribution >= 0.6 is 0 Å². The second-order valence-electron chi connectivity index (χ2n) is 5.46. The van der Waals surface area contributed by atoms with Crippen LogP contribution < -0.4 is 5.32 Å². The van der Waals surface area contributed by atoms with Crippen molar-refractivity contribution in [2.45, 2.75) is 65.1 Å². The third kappa shape index (κ3) is 2.73. The maximum Gasteiger partial charge on any atom is 0.0811 e. The molecule has 2 atom stereocenters. The molecule has 0 bridgehead atoms. The zero-order chi connectivity index (χ0) is 11.5. The molecule has 0 saturated carbocycles. The summed E-state index contributed by atoms with van der Waals surface area (Å²) < 4.78 is 6.45. The van der Waals surface area contributed by atoms with Crippen LogP contribution in [0.4, 0.5) is 0 Å². The Kier molecular flexibility index (Phi) is 4.19. The number of ether oxygens (including phenoxy) is 1. The van der Waals surface area contributed by atoms with E-state index in [1.807, 2.05) is 0 Å². The summed E-state index contributed by atoms with van der Waals surface area (Å²) in [4.78, 5) is 0. The van der Waals surface area contributed by atoms with E-state index in [0.717, 1.165) is 19.5 Å². The summed E-state index contributed by atoms with van der Waals surface area (Å²) in [6.07, 6.45) is 3.47. The molecule has 90 valence electrons. The van der Waals surface area contributed by atoms with Crippen LogP contribution in [0.1, 0.15) is 53.9 Å². The van der Waals surface area contributed by atoms with Gasteiger partial charge >= 0.3 is 0 Å². The van der Waals surface area contributed by atoms with Gasteiger partial charge in [-0.15, -0.1) is 0 Å². The van der Waals surface area contributed by atoms with Gasteiger partial charge in [0.15, 0.2) is 0 Å². The minimum Gasteiger partial charge on any atom is -0.366 e. The predicted molar refractivity (Wildman–Crippen MR) is 65.1 cm³/mol. The van der Waals surface area contributed by atoms with Crippen molar-refractivity contribution in [3.8, 4) is 0 Å². The molecule has 2 heteroatoms. The molecule has 2 unspecified atom stereocenters. The first-order chi connectivity index (χ1) is 6.98. The van der Waals surface area contributed by atoms with Crippen molar-refractivity contribution in [3.05, 3.63) is 0 Å². The van der Waals surface area contributed by atoms with Crippen LogP contribution in [-0.2, 0) is 4.74 Å². The fourth-order valence-corrected chi connectivity index (χ4v) is 2.40. The minimum absolute atomic E-state index is 0.00340. The molecule has 2 nitrogen and oxygen atoms in total. The van der Waals surface area contributed by atoms with Crippen molar-refractivity contribution in [3.63, 3.8) is 0 Å². The van der Waals surface area contributed by atoms with Crippen molar-refractivity contribution in [2.24, 2.45) is 5.92 Å². The molecule has 0 aliphatic carbocycles. The van der Waals surface area contributed by atoms with Crippen molar-refractivity contribution < 1.29 is 4.74 Å². The van der Waals surface area contributed by atoms with E-state index in [-0.39, 0.29) is 11.2 Å². The molecule has 1 rings (SSSR count). The second kappa shape index (κ2) is 4.84. The van der Waals surface area contributed by atoms with Gasteiger partial charge in [0.25, 0.3) is 0 Å². The SMILES string of the molecule is CCCC1(CC)CNCC(C)(C(C)C)O1. The fourth-order valence-electron chi connectivity index (χ4n) is 2.40. The molecule has 0 amide bonds. The Morgan fingerprint density at radius 3 is 2.40 bits per heavy atom. The number of hydrogen-bond acceptors (Lipinski definition) is 2. The van der Waals surface area contributed by atoms with Gasteiger partial charge in [0, 0.05) is 13.1 Å². The van der Waals surface area contributed by atoms with Crippen molar-refractivity contribution in [1.29, 1.82) is 0 Å². The van der Waals surface area contributed by atoms with Crippen molar-refractivity contribution in [1.82, 2.24) is 5.32 Å². The van der Waals surface area contributed by atoms with E-state index in [0.29, 0.717) is 5.92 Å². The largest absolute Gasteiger partial charge is 0.366 e. The summed E-state index contributed by atoms with van der Waals surface area (Å²) in [7, 11) is 0. The van der Waals surface area contributed by atoms with E-state index < -0.39 is 0 Å². The first-order valence-electron chi connectivity index (χ1n) is 6.39. The standard InChI is InChI=1S/C13H27NO/c1-6-8-13(7-2)10-14-9-12(5,15-13)11(3)4/h11,14H,6-10H2,1-5H3. The average molecular weight is 213 g/mol. The number of nitrogens with one attached hydrogen (secondary N) is 1. The maximum absolute atomic E-state index is 6.45. The molecule has 1 heterocycles. The lowest BCUT2D eigenvalue weighted by Gasteiger charge is -2.49. The average Bonchev–Trinajstić information content (AvgIpc) is 2.18. The minimum atomic E-state index is 0.00340. The van der Waals surface area contributed by atoms with Gasteiger partial charge < -0.3 is 10.1 Å². The van der Waals surface area contributed by atoms with Gasteiger partial charge in [-0.25, -0.2) is 0 Å². The van der Waals surface area contributed by atoms with Crippen LogP contribution in [0, 0.1) is 5.92 Å². The van der Waals surface area contributed by atoms with Gasteiger partial charge in [-0.3, -0.25) is 0 Å². The van der Waals surface area contributed by atoms with Crippen LogP contribution in [-0.4, -0.2) is 24.3 Å². The summed E-state index contributed by atoms with van der Waals surface area (Å²) in [5.41, 5.74) is 0.0788. The Morgan fingerprint density at radius 1 is 1.27 bits per heavy atom.